The Morgan fingerprint density at radius 2 is 1.88 bits per heavy atom. The Balaban J connectivity index is 1.51. The Labute approximate surface area is 212 Å². The third-order valence-electron chi connectivity index (χ3n) is 10.7. The van der Waals surface area contributed by atoms with Gasteiger partial charge in [0.1, 0.15) is 0 Å². The van der Waals surface area contributed by atoms with E-state index in [9.17, 15) is 4.79 Å². The maximum absolute atomic E-state index is 13.3. The molecule has 0 unspecified atom stereocenters. The third-order valence-corrected chi connectivity index (χ3v) is 10.8. The first-order chi connectivity index (χ1) is 16.1. The molecule has 0 aromatic rings. The quantitative estimate of drug-likeness (QED) is 0.269. The van der Waals surface area contributed by atoms with Crippen LogP contribution in [-0.4, -0.2) is 23.4 Å². The molecule has 3 saturated carbocycles. The molecule has 1 heterocycles. The highest BCUT2D eigenvalue weighted by Crippen LogP contribution is 2.66. The number of nitrogens with one attached hydrogen (secondary N) is 1. The van der Waals surface area contributed by atoms with Crippen molar-refractivity contribution in [2.24, 2.45) is 63.1 Å². The number of hydrogen-bond acceptors (Lipinski definition) is 4. The van der Waals surface area contributed by atoms with Crippen molar-refractivity contribution in [3.05, 3.63) is 0 Å². The molecule has 0 aromatic carbocycles. The van der Waals surface area contributed by atoms with E-state index in [1.165, 1.54) is 44.9 Å². The Bertz CT molecular complexity index is 813. The van der Waals surface area contributed by atoms with E-state index in [1.807, 2.05) is 0 Å². The second-order valence-corrected chi connectivity index (χ2v) is 13.4. The van der Waals surface area contributed by atoms with Crippen LogP contribution in [0.2, 0.25) is 0 Å². The summed E-state index contributed by atoms with van der Waals surface area (Å²) in [4.78, 5) is 13.3. The Kier molecular flexibility index (Phi) is 7.67. The van der Waals surface area contributed by atoms with Gasteiger partial charge in [-0.15, -0.1) is 0 Å². The number of nitrogens with two attached hydrogens (primary N) is 1. The van der Waals surface area contributed by atoms with Gasteiger partial charge in [-0.25, -0.2) is 0 Å². The van der Waals surface area contributed by atoms with Crippen molar-refractivity contribution in [3.63, 3.8) is 0 Å². The fraction of sp³-hybridized carbons (Fsp3) is 0.893. The molecule has 5 nitrogen and oxygen atoms in total. The van der Waals surface area contributed by atoms with E-state index >= 15 is 0 Å². The van der Waals surface area contributed by atoms with E-state index in [4.69, 9.17) is 22.7 Å². The van der Waals surface area contributed by atoms with Crippen LogP contribution in [0.15, 0.2) is 5.10 Å². The minimum absolute atomic E-state index is 0.0111. The van der Waals surface area contributed by atoms with Crippen LogP contribution < -0.4 is 11.2 Å². The molecule has 1 aliphatic heterocycles. The molecule has 0 amide bonds. The second-order valence-electron chi connectivity index (χ2n) is 13.0. The van der Waals surface area contributed by atoms with E-state index in [0.717, 1.165) is 36.3 Å². The van der Waals surface area contributed by atoms with Crippen LogP contribution in [0.5, 0.6) is 0 Å². The standard InChI is InChI=1S/C28H47N3O2S/c1-17(2)7-6-8-18(3)21-9-10-22-20-16-33-25(32)24-15-19(30-31-26(29)34)11-13-28(24,5)23(20)12-14-27(21,22)4/h17-18,20-24H,6-16H2,1-5H3,(H3,29,31,34)/b30-19-/t18-,20+,21-,22+,23+,24-,27-,28-/m1/s1. The molecule has 8 atom stereocenters. The number of rotatable bonds is 6. The fourth-order valence-corrected chi connectivity index (χ4v) is 8.88. The number of thiocarbonyl (C=S) groups is 1. The smallest absolute Gasteiger partial charge is 0.309 e. The van der Waals surface area contributed by atoms with Crippen molar-refractivity contribution in [2.75, 3.05) is 6.61 Å². The first-order valence-corrected chi connectivity index (χ1v) is 14.2. The normalized spacial score (nSPS) is 41.8. The maximum atomic E-state index is 13.3. The lowest BCUT2D eigenvalue weighted by molar-refractivity contribution is -0.151. The molecule has 4 rings (SSSR count). The van der Waals surface area contributed by atoms with E-state index in [1.54, 1.807) is 0 Å². The average Bonchev–Trinajstić information content (AvgIpc) is 3.08. The van der Waals surface area contributed by atoms with Crippen LogP contribution in [0.1, 0.15) is 98.8 Å². The summed E-state index contributed by atoms with van der Waals surface area (Å²) < 4.78 is 6.06. The topological polar surface area (TPSA) is 76.7 Å². The molecule has 6 heteroatoms. The summed E-state index contributed by atoms with van der Waals surface area (Å²) in [6, 6.07) is 0. The third kappa shape index (κ3) is 4.77. The van der Waals surface area contributed by atoms with Crippen molar-refractivity contribution in [3.8, 4) is 0 Å². The summed E-state index contributed by atoms with van der Waals surface area (Å²) in [5.74, 6) is 4.01. The highest BCUT2D eigenvalue weighted by atomic mass is 32.1. The molecular weight excluding hydrogens is 442 g/mol. The van der Waals surface area contributed by atoms with Crippen molar-refractivity contribution in [1.82, 2.24) is 5.43 Å². The van der Waals surface area contributed by atoms with E-state index < -0.39 is 0 Å². The van der Waals surface area contributed by atoms with E-state index in [-0.39, 0.29) is 22.4 Å². The zero-order chi connectivity index (χ0) is 24.7. The highest BCUT2D eigenvalue weighted by molar-refractivity contribution is 7.80. The number of nitrogens with zero attached hydrogens (tertiary/aromatic N) is 1. The molecule has 3 N–H and O–H groups in total. The molecule has 0 radical (unpaired) electrons. The van der Waals surface area contributed by atoms with Gasteiger partial charge >= 0.3 is 5.97 Å². The first kappa shape index (κ1) is 25.9. The van der Waals surface area contributed by atoms with Crippen molar-refractivity contribution in [1.29, 1.82) is 0 Å². The molecule has 0 bridgehead atoms. The second kappa shape index (κ2) is 10.1. The molecular formula is C28H47N3O2S. The minimum Gasteiger partial charge on any atom is -0.465 e. The van der Waals surface area contributed by atoms with Crippen molar-refractivity contribution < 1.29 is 9.53 Å². The van der Waals surface area contributed by atoms with Gasteiger partial charge in [-0.1, -0.05) is 53.9 Å². The number of ether oxygens (including phenoxy) is 1. The maximum Gasteiger partial charge on any atom is 0.309 e. The Morgan fingerprint density at radius 1 is 1.15 bits per heavy atom. The van der Waals surface area contributed by atoms with Gasteiger partial charge in [-0.2, -0.15) is 5.10 Å². The highest BCUT2D eigenvalue weighted by Gasteiger charge is 2.61. The molecule has 0 aromatic heterocycles. The van der Waals surface area contributed by atoms with Gasteiger partial charge in [-0.3, -0.25) is 10.2 Å². The van der Waals surface area contributed by atoms with Gasteiger partial charge < -0.3 is 10.5 Å². The summed E-state index contributed by atoms with van der Waals surface area (Å²) in [6.45, 7) is 12.8. The minimum atomic E-state index is -0.111. The Morgan fingerprint density at radius 3 is 2.59 bits per heavy atom. The number of carbonyl (C=O) groups is 1. The van der Waals surface area contributed by atoms with Gasteiger partial charge in [0.15, 0.2) is 5.11 Å². The monoisotopic (exact) mass is 489 g/mol. The molecule has 4 aliphatic rings. The molecule has 1 saturated heterocycles. The number of cyclic esters (lactones) is 1. The number of esters is 1. The lowest BCUT2D eigenvalue weighted by Gasteiger charge is -2.55. The molecule has 34 heavy (non-hydrogen) atoms. The number of hydrazone groups is 1. The molecule has 3 aliphatic carbocycles. The summed E-state index contributed by atoms with van der Waals surface area (Å²) in [7, 11) is 0. The summed E-state index contributed by atoms with van der Waals surface area (Å²) in [6.07, 6.45) is 11.8. The van der Waals surface area contributed by atoms with E-state index in [2.05, 4.69) is 45.1 Å². The van der Waals surface area contributed by atoms with Crippen LogP contribution in [-0.2, 0) is 9.53 Å². The average molecular weight is 490 g/mol. The predicted molar refractivity (Wildman–Crippen MR) is 142 cm³/mol. The summed E-state index contributed by atoms with van der Waals surface area (Å²) >= 11 is 4.91. The lowest BCUT2D eigenvalue weighted by Crippen LogP contribution is -2.51. The molecule has 4 fully saturated rings. The fourth-order valence-electron chi connectivity index (χ4n) is 8.83. The predicted octanol–water partition coefficient (Wildman–Crippen LogP) is 6.06. The van der Waals surface area contributed by atoms with E-state index in [0.29, 0.717) is 36.2 Å². The van der Waals surface area contributed by atoms with Crippen molar-refractivity contribution in [2.45, 2.75) is 98.8 Å². The van der Waals surface area contributed by atoms with Gasteiger partial charge in [0.2, 0.25) is 0 Å². The first-order valence-electron chi connectivity index (χ1n) is 13.8. The summed E-state index contributed by atoms with van der Waals surface area (Å²) in [5, 5.41) is 4.57. The zero-order valence-corrected chi connectivity index (χ0v) is 22.9. The number of hydrogen-bond donors (Lipinski definition) is 2. The number of carbonyl (C=O) groups excluding carboxylic acids is 1. The molecule has 192 valence electrons. The largest absolute Gasteiger partial charge is 0.465 e. The van der Waals surface area contributed by atoms with Crippen LogP contribution in [0.4, 0.5) is 0 Å². The van der Waals surface area contributed by atoms with Gasteiger partial charge in [0, 0.05) is 12.1 Å². The van der Waals surface area contributed by atoms with Gasteiger partial charge in [0.25, 0.3) is 0 Å². The SMILES string of the molecule is CC(C)CCC[C@@H](C)[C@H]1CC[C@H]2[C@@H]3COC(=O)[C@H]4C/C(=N\NC(N)=S)CC[C@]4(C)[C@H]3CC[C@]12C. The van der Waals surface area contributed by atoms with Crippen LogP contribution in [0, 0.1) is 52.3 Å². The van der Waals surface area contributed by atoms with Crippen molar-refractivity contribution >= 4 is 29.0 Å². The molecule has 0 spiro atoms. The van der Waals surface area contributed by atoms with Gasteiger partial charge in [0.05, 0.1) is 12.5 Å². The van der Waals surface area contributed by atoms with Gasteiger partial charge in [-0.05, 0) is 97.1 Å². The van der Waals surface area contributed by atoms with Crippen LogP contribution in [0.25, 0.3) is 0 Å². The summed E-state index contributed by atoms with van der Waals surface area (Å²) in [5.41, 5.74) is 9.66. The lowest BCUT2D eigenvalue weighted by atomic mass is 9.49. The number of fused-ring (bicyclic) bond motifs is 5. The zero-order valence-electron chi connectivity index (χ0n) is 22.1. The van der Waals surface area contributed by atoms with Crippen LogP contribution in [0.3, 0.4) is 0 Å². The van der Waals surface area contributed by atoms with Crippen LogP contribution >= 0.6 is 12.2 Å². The Hall–Kier alpha value is -1.17.